The Morgan fingerprint density at radius 3 is 3.08 bits per heavy atom. The van der Waals surface area contributed by atoms with Crippen LogP contribution in [-0.2, 0) is 11.3 Å². The second-order valence-electron chi connectivity index (χ2n) is 5.97. The number of nitrogens with zero attached hydrogens (tertiary/aromatic N) is 4. The minimum absolute atomic E-state index is 0.0528. The SMILES string of the molecule is CCOc1ncccc1CNC(=O)[C@H]1CCCN(c2cnccn2)C1. The number of aromatic nitrogens is 3. The molecule has 0 saturated carbocycles. The lowest BCUT2D eigenvalue weighted by Crippen LogP contribution is -2.43. The third kappa shape index (κ3) is 4.43. The standard InChI is InChI=1S/C18H23N5O2/c1-2-25-18-14(5-3-7-21-18)11-22-17(24)15-6-4-10-23(13-15)16-12-19-8-9-20-16/h3,5,7-9,12,15H,2,4,6,10-11,13H2,1H3,(H,22,24)/t15-/m0/s1. The van der Waals surface area contributed by atoms with Crippen molar-refractivity contribution in [2.24, 2.45) is 5.92 Å². The van der Waals surface area contributed by atoms with E-state index in [0.29, 0.717) is 25.6 Å². The molecule has 25 heavy (non-hydrogen) atoms. The van der Waals surface area contributed by atoms with Gasteiger partial charge in [-0.25, -0.2) is 9.97 Å². The minimum Gasteiger partial charge on any atom is -0.478 e. The molecule has 3 rings (SSSR count). The Morgan fingerprint density at radius 2 is 2.28 bits per heavy atom. The van der Waals surface area contributed by atoms with Crippen LogP contribution in [0.25, 0.3) is 0 Å². The van der Waals surface area contributed by atoms with E-state index in [9.17, 15) is 4.79 Å². The normalized spacial score (nSPS) is 17.2. The Kier molecular flexibility index (Phi) is 5.77. The van der Waals surface area contributed by atoms with Crippen molar-refractivity contribution in [2.45, 2.75) is 26.3 Å². The zero-order valence-corrected chi connectivity index (χ0v) is 14.4. The molecule has 1 aliphatic rings. The summed E-state index contributed by atoms with van der Waals surface area (Å²) < 4.78 is 5.50. The first-order chi connectivity index (χ1) is 12.3. The van der Waals surface area contributed by atoms with E-state index in [1.807, 2.05) is 19.1 Å². The minimum atomic E-state index is -0.0528. The Hall–Kier alpha value is -2.70. The summed E-state index contributed by atoms with van der Waals surface area (Å²) >= 11 is 0. The number of anilines is 1. The highest BCUT2D eigenvalue weighted by atomic mass is 16.5. The van der Waals surface area contributed by atoms with Crippen molar-refractivity contribution in [3.05, 3.63) is 42.5 Å². The summed E-state index contributed by atoms with van der Waals surface area (Å²) in [6, 6.07) is 3.77. The molecular weight excluding hydrogens is 318 g/mol. The number of hydrogen-bond acceptors (Lipinski definition) is 6. The monoisotopic (exact) mass is 341 g/mol. The summed E-state index contributed by atoms with van der Waals surface area (Å²) in [4.78, 5) is 27.4. The van der Waals surface area contributed by atoms with Gasteiger partial charge in [-0.1, -0.05) is 6.07 Å². The van der Waals surface area contributed by atoms with E-state index in [1.54, 1.807) is 24.8 Å². The summed E-state index contributed by atoms with van der Waals surface area (Å²) in [7, 11) is 0. The van der Waals surface area contributed by atoms with E-state index in [2.05, 4.69) is 25.2 Å². The van der Waals surface area contributed by atoms with Crippen molar-refractivity contribution in [3.63, 3.8) is 0 Å². The van der Waals surface area contributed by atoms with Gasteiger partial charge in [0.05, 0.1) is 18.7 Å². The molecule has 0 unspecified atom stereocenters. The fourth-order valence-electron chi connectivity index (χ4n) is 3.01. The van der Waals surface area contributed by atoms with Gasteiger partial charge in [0, 0.05) is 43.8 Å². The third-order valence-corrected chi connectivity index (χ3v) is 4.25. The van der Waals surface area contributed by atoms with Gasteiger partial charge < -0.3 is 15.0 Å². The predicted molar refractivity (Wildman–Crippen MR) is 94.2 cm³/mol. The predicted octanol–water partition coefficient (Wildman–Crippen LogP) is 1.80. The molecule has 132 valence electrons. The van der Waals surface area contributed by atoms with Crippen molar-refractivity contribution in [1.29, 1.82) is 0 Å². The van der Waals surface area contributed by atoms with E-state index >= 15 is 0 Å². The van der Waals surface area contributed by atoms with Crippen molar-refractivity contribution in [2.75, 3.05) is 24.6 Å². The van der Waals surface area contributed by atoms with Gasteiger partial charge in [-0.2, -0.15) is 0 Å². The topological polar surface area (TPSA) is 80.2 Å². The Bertz CT molecular complexity index is 695. The van der Waals surface area contributed by atoms with Gasteiger partial charge in [-0.05, 0) is 25.8 Å². The molecule has 1 saturated heterocycles. The van der Waals surface area contributed by atoms with Gasteiger partial charge in [-0.3, -0.25) is 9.78 Å². The van der Waals surface area contributed by atoms with Gasteiger partial charge >= 0.3 is 0 Å². The van der Waals surface area contributed by atoms with Gasteiger partial charge in [0.25, 0.3) is 0 Å². The van der Waals surface area contributed by atoms with Gasteiger partial charge in [0.1, 0.15) is 5.82 Å². The molecule has 1 N–H and O–H groups in total. The lowest BCUT2D eigenvalue weighted by Gasteiger charge is -2.32. The lowest BCUT2D eigenvalue weighted by atomic mass is 9.97. The number of amides is 1. The smallest absolute Gasteiger partial charge is 0.225 e. The molecule has 0 aliphatic carbocycles. The fraction of sp³-hybridized carbons (Fsp3) is 0.444. The zero-order valence-electron chi connectivity index (χ0n) is 14.4. The van der Waals surface area contributed by atoms with Crippen LogP contribution in [0.3, 0.4) is 0 Å². The number of carbonyl (C=O) groups is 1. The average molecular weight is 341 g/mol. The first kappa shape index (κ1) is 17.1. The van der Waals surface area contributed by atoms with Crippen LogP contribution in [0, 0.1) is 5.92 Å². The molecule has 1 fully saturated rings. The number of carbonyl (C=O) groups excluding carboxylic acids is 1. The van der Waals surface area contributed by atoms with Crippen LogP contribution >= 0.6 is 0 Å². The van der Waals surface area contributed by atoms with Gasteiger partial charge in [0.2, 0.25) is 11.8 Å². The van der Waals surface area contributed by atoms with Crippen LogP contribution in [0.5, 0.6) is 5.88 Å². The van der Waals surface area contributed by atoms with Crippen LogP contribution in [0.4, 0.5) is 5.82 Å². The van der Waals surface area contributed by atoms with E-state index < -0.39 is 0 Å². The van der Waals surface area contributed by atoms with Crippen LogP contribution in [0.1, 0.15) is 25.3 Å². The van der Waals surface area contributed by atoms with Gasteiger partial charge in [0.15, 0.2) is 0 Å². The summed E-state index contributed by atoms with van der Waals surface area (Å²) in [5, 5.41) is 3.02. The van der Waals surface area contributed by atoms with Crippen LogP contribution < -0.4 is 15.0 Å². The number of rotatable bonds is 6. The molecule has 0 radical (unpaired) electrons. The molecule has 1 amide bonds. The summed E-state index contributed by atoms with van der Waals surface area (Å²) in [5.74, 6) is 1.41. The van der Waals surface area contributed by atoms with Crippen LogP contribution in [-0.4, -0.2) is 40.6 Å². The summed E-state index contributed by atoms with van der Waals surface area (Å²) in [5.41, 5.74) is 0.888. The number of ether oxygens (including phenoxy) is 1. The molecule has 0 spiro atoms. The van der Waals surface area contributed by atoms with Crippen LogP contribution in [0.15, 0.2) is 36.9 Å². The Balaban J connectivity index is 1.58. The second kappa shape index (κ2) is 8.41. The first-order valence-corrected chi connectivity index (χ1v) is 8.63. The number of piperidine rings is 1. The van der Waals surface area contributed by atoms with Crippen molar-refractivity contribution in [3.8, 4) is 5.88 Å². The van der Waals surface area contributed by atoms with Crippen LogP contribution in [0.2, 0.25) is 0 Å². The number of pyridine rings is 1. The largest absolute Gasteiger partial charge is 0.478 e. The molecule has 1 aliphatic heterocycles. The molecule has 7 heteroatoms. The average Bonchev–Trinajstić information content (AvgIpc) is 2.68. The molecule has 3 heterocycles. The molecule has 2 aromatic heterocycles. The highest BCUT2D eigenvalue weighted by molar-refractivity contribution is 5.79. The maximum absolute atomic E-state index is 12.6. The molecule has 2 aromatic rings. The molecule has 0 bridgehead atoms. The van der Waals surface area contributed by atoms with E-state index in [0.717, 1.165) is 30.8 Å². The summed E-state index contributed by atoms with van der Waals surface area (Å²) in [6.07, 6.45) is 8.61. The van der Waals surface area contributed by atoms with Crippen molar-refractivity contribution < 1.29 is 9.53 Å². The van der Waals surface area contributed by atoms with E-state index in [1.165, 1.54) is 0 Å². The van der Waals surface area contributed by atoms with Gasteiger partial charge in [-0.15, -0.1) is 0 Å². The number of hydrogen-bond donors (Lipinski definition) is 1. The molecular formula is C18H23N5O2. The lowest BCUT2D eigenvalue weighted by molar-refractivity contribution is -0.125. The highest BCUT2D eigenvalue weighted by Gasteiger charge is 2.26. The van der Waals surface area contributed by atoms with Crippen molar-refractivity contribution >= 4 is 11.7 Å². The molecule has 1 atom stereocenters. The maximum atomic E-state index is 12.6. The summed E-state index contributed by atoms with van der Waals surface area (Å²) in [6.45, 7) is 4.45. The zero-order chi connectivity index (χ0) is 17.5. The van der Waals surface area contributed by atoms with Crippen molar-refractivity contribution in [1.82, 2.24) is 20.3 Å². The number of nitrogens with one attached hydrogen (secondary N) is 1. The van der Waals surface area contributed by atoms with E-state index in [-0.39, 0.29) is 11.8 Å². The highest BCUT2D eigenvalue weighted by Crippen LogP contribution is 2.21. The Morgan fingerprint density at radius 1 is 1.36 bits per heavy atom. The Labute approximate surface area is 147 Å². The van der Waals surface area contributed by atoms with E-state index in [4.69, 9.17) is 4.74 Å². The molecule has 7 nitrogen and oxygen atoms in total. The quantitative estimate of drug-likeness (QED) is 0.863. The first-order valence-electron chi connectivity index (χ1n) is 8.63. The second-order valence-corrected chi connectivity index (χ2v) is 5.97. The third-order valence-electron chi connectivity index (χ3n) is 4.25. The fourth-order valence-corrected chi connectivity index (χ4v) is 3.01. The maximum Gasteiger partial charge on any atom is 0.225 e. The molecule has 0 aromatic carbocycles.